The van der Waals surface area contributed by atoms with Crippen LogP contribution in [0.5, 0.6) is 0 Å². The van der Waals surface area contributed by atoms with E-state index < -0.39 is 8.07 Å². The molecule has 1 saturated heterocycles. The van der Waals surface area contributed by atoms with Crippen LogP contribution in [0, 0.1) is 0 Å². The van der Waals surface area contributed by atoms with Crippen molar-refractivity contribution >= 4 is 24.8 Å². The number of nitrogens with two attached hydrogens (primary N) is 1. The molecule has 1 aliphatic heterocycles. The van der Waals surface area contributed by atoms with Crippen molar-refractivity contribution in [2.24, 2.45) is 0 Å². The fourth-order valence-electron chi connectivity index (χ4n) is 3.60. The standard InChI is InChI=1S/C19H32N4OSi/c1-22-8-6-5-7-16(22)18-11-15-13-21-19(20)12-17(15)23(18)14-24-9-10-25(2,3)4/h11-13,16H,5-10,14H2,1-4H3,(H2,20,21)/t16-/m1/s1. The van der Waals surface area contributed by atoms with Gasteiger partial charge in [-0.2, -0.15) is 0 Å². The van der Waals surface area contributed by atoms with Gasteiger partial charge in [0.1, 0.15) is 12.5 Å². The summed E-state index contributed by atoms with van der Waals surface area (Å²) in [6.45, 7) is 9.73. The van der Waals surface area contributed by atoms with Gasteiger partial charge in [-0.25, -0.2) is 4.98 Å². The molecule has 0 spiro atoms. The minimum atomic E-state index is -1.07. The topological polar surface area (TPSA) is 56.3 Å². The molecule has 0 unspecified atom stereocenters. The maximum absolute atomic E-state index is 6.09. The zero-order chi connectivity index (χ0) is 18.0. The molecule has 2 aromatic rings. The van der Waals surface area contributed by atoms with Gasteiger partial charge in [-0.1, -0.05) is 26.1 Å². The number of piperidine rings is 1. The van der Waals surface area contributed by atoms with Crippen LogP contribution < -0.4 is 5.73 Å². The molecule has 0 bridgehead atoms. The van der Waals surface area contributed by atoms with Gasteiger partial charge in [-0.05, 0) is 38.5 Å². The molecular formula is C19H32N4OSi. The third kappa shape index (κ3) is 4.43. The number of nitrogens with zero attached hydrogens (tertiary/aromatic N) is 3. The number of anilines is 1. The molecule has 0 saturated carbocycles. The van der Waals surface area contributed by atoms with Gasteiger partial charge >= 0.3 is 0 Å². The molecule has 1 fully saturated rings. The molecule has 2 N–H and O–H groups in total. The van der Waals surface area contributed by atoms with Crippen molar-refractivity contribution in [3.05, 3.63) is 24.0 Å². The van der Waals surface area contributed by atoms with Crippen LogP contribution in [0.2, 0.25) is 25.7 Å². The lowest BCUT2D eigenvalue weighted by atomic mass is 10.00. The molecule has 1 aliphatic rings. The minimum Gasteiger partial charge on any atom is -0.384 e. The maximum atomic E-state index is 6.09. The molecule has 2 aromatic heterocycles. The zero-order valence-corrected chi connectivity index (χ0v) is 17.1. The molecule has 6 heteroatoms. The Labute approximate surface area is 152 Å². The van der Waals surface area contributed by atoms with Gasteiger partial charge < -0.3 is 15.0 Å². The van der Waals surface area contributed by atoms with Crippen molar-refractivity contribution in [2.75, 3.05) is 25.9 Å². The normalized spacial score (nSPS) is 19.6. The third-order valence-electron chi connectivity index (χ3n) is 5.17. The number of ether oxygens (including phenoxy) is 1. The van der Waals surface area contributed by atoms with Crippen molar-refractivity contribution < 1.29 is 4.74 Å². The SMILES string of the molecule is CN1CCCC[C@@H]1c1cc2cnc(N)cc2n1COCC[Si](C)(C)C. The molecule has 25 heavy (non-hydrogen) atoms. The first kappa shape index (κ1) is 18.4. The van der Waals surface area contributed by atoms with Gasteiger partial charge in [0.2, 0.25) is 0 Å². The van der Waals surface area contributed by atoms with E-state index in [0.29, 0.717) is 18.6 Å². The zero-order valence-electron chi connectivity index (χ0n) is 16.1. The summed E-state index contributed by atoms with van der Waals surface area (Å²) in [4.78, 5) is 6.74. The summed E-state index contributed by atoms with van der Waals surface area (Å²) in [6.07, 6.45) is 5.65. The number of likely N-dealkylation sites (tertiary alicyclic amines) is 1. The fourth-order valence-corrected chi connectivity index (χ4v) is 4.35. The molecule has 0 radical (unpaired) electrons. The predicted molar refractivity (Wildman–Crippen MR) is 107 cm³/mol. The van der Waals surface area contributed by atoms with Crippen LogP contribution in [0.3, 0.4) is 0 Å². The van der Waals surface area contributed by atoms with E-state index >= 15 is 0 Å². The number of rotatable bonds is 6. The number of fused-ring (bicyclic) bond motifs is 1. The van der Waals surface area contributed by atoms with Crippen LogP contribution >= 0.6 is 0 Å². The summed E-state index contributed by atoms with van der Waals surface area (Å²) in [7, 11) is 1.16. The monoisotopic (exact) mass is 360 g/mol. The average molecular weight is 361 g/mol. The Hall–Kier alpha value is -1.37. The number of aromatic nitrogens is 2. The fraction of sp³-hybridized carbons (Fsp3) is 0.632. The van der Waals surface area contributed by atoms with E-state index in [4.69, 9.17) is 10.5 Å². The van der Waals surface area contributed by atoms with Crippen molar-refractivity contribution in [1.82, 2.24) is 14.5 Å². The molecule has 3 rings (SSSR count). The Kier molecular flexibility index (Phi) is 5.51. The molecule has 0 aliphatic carbocycles. The van der Waals surface area contributed by atoms with Gasteiger partial charge in [0, 0.05) is 44.1 Å². The van der Waals surface area contributed by atoms with Gasteiger partial charge in [0.05, 0.1) is 5.52 Å². The molecule has 5 nitrogen and oxygen atoms in total. The van der Waals surface area contributed by atoms with Crippen LogP contribution in [-0.2, 0) is 11.5 Å². The maximum Gasteiger partial charge on any atom is 0.125 e. The van der Waals surface area contributed by atoms with Crippen LogP contribution in [0.15, 0.2) is 18.3 Å². The summed E-state index contributed by atoms with van der Waals surface area (Å²) in [5.74, 6) is 0.567. The summed E-state index contributed by atoms with van der Waals surface area (Å²) in [5, 5.41) is 1.15. The second-order valence-corrected chi connectivity index (χ2v) is 14.1. The van der Waals surface area contributed by atoms with E-state index in [-0.39, 0.29) is 0 Å². The van der Waals surface area contributed by atoms with Crippen LogP contribution in [0.25, 0.3) is 10.9 Å². The van der Waals surface area contributed by atoms with Gasteiger partial charge in [0.15, 0.2) is 0 Å². The van der Waals surface area contributed by atoms with E-state index in [0.717, 1.165) is 24.1 Å². The van der Waals surface area contributed by atoms with Crippen molar-refractivity contribution in [3.8, 4) is 0 Å². The highest BCUT2D eigenvalue weighted by Gasteiger charge is 2.25. The highest BCUT2D eigenvalue weighted by atomic mass is 28.3. The summed E-state index contributed by atoms with van der Waals surface area (Å²) in [6, 6.07) is 5.89. The Balaban J connectivity index is 1.87. The lowest BCUT2D eigenvalue weighted by Crippen LogP contribution is -2.31. The van der Waals surface area contributed by atoms with Gasteiger partial charge in [-0.15, -0.1) is 0 Å². The molecular weight excluding hydrogens is 328 g/mol. The smallest absolute Gasteiger partial charge is 0.125 e. The van der Waals surface area contributed by atoms with E-state index in [1.165, 1.54) is 31.0 Å². The lowest BCUT2D eigenvalue weighted by molar-refractivity contribution is 0.0820. The molecule has 1 atom stereocenters. The van der Waals surface area contributed by atoms with E-state index in [2.05, 4.69) is 47.2 Å². The van der Waals surface area contributed by atoms with Crippen LogP contribution in [-0.4, -0.2) is 42.7 Å². The molecule has 138 valence electrons. The van der Waals surface area contributed by atoms with Gasteiger partial charge in [0.25, 0.3) is 0 Å². The predicted octanol–water partition coefficient (Wildman–Crippen LogP) is 4.09. The number of nitrogen functional groups attached to an aromatic ring is 1. The first-order chi connectivity index (χ1) is 11.8. The average Bonchev–Trinajstić information content (AvgIpc) is 2.89. The number of pyridine rings is 1. The van der Waals surface area contributed by atoms with Crippen molar-refractivity contribution in [2.45, 2.75) is 57.7 Å². The van der Waals surface area contributed by atoms with Crippen molar-refractivity contribution in [3.63, 3.8) is 0 Å². The first-order valence-electron chi connectivity index (χ1n) is 9.38. The first-order valence-corrected chi connectivity index (χ1v) is 13.1. The molecule has 0 aromatic carbocycles. The number of hydrogen-bond acceptors (Lipinski definition) is 4. The number of hydrogen-bond donors (Lipinski definition) is 1. The Bertz CT molecular complexity index is 722. The largest absolute Gasteiger partial charge is 0.384 e. The quantitative estimate of drug-likeness (QED) is 0.623. The molecule has 0 amide bonds. The highest BCUT2D eigenvalue weighted by Crippen LogP contribution is 2.33. The third-order valence-corrected chi connectivity index (χ3v) is 6.87. The molecule has 3 heterocycles. The van der Waals surface area contributed by atoms with E-state index in [9.17, 15) is 0 Å². The van der Waals surface area contributed by atoms with E-state index in [1.54, 1.807) is 0 Å². The van der Waals surface area contributed by atoms with Crippen LogP contribution in [0.1, 0.15) is 31.0 Å². The second kappa shape index (κ2) is 7.48. The second-order valence-electron chi connectivity index (χ2n) is 8.51. The van der Waals surface area contributed by atoms with Crippen LogP contribution in [0.4, 0.5) is 5.82 Å². The Morgan fingerprint density at radius 2 is 2.08 bits per heavy atom. The summed E-state index contributed by atoms with van der Waals surface area (Å²) < 4.78 is 8.40. The van der Waals surface area contributed by atoms with E-state index in [1.807, 2.05) is 12.3 Å². The minimum absolute atomic E-state index is 0.447. The van der Waals surface area contributed by atoms with Crippen molar-refractivity contribution in [1.29, 1.82) is 0 Å². The van der Waals surface area contributed by atoms with Gasteiger partial charge in [-0.3, -0.25) is 4.90 Å². The summed E-state index contributed by atoms with van der Waals surface area (Å²) in [5.41, 5.74) is 8.41. The Morgan fingerprint density at radius 3 is 2.80 bits per heavy atom. The Morgan fingerprint density at radius 1 is 1.28 bits per heavy atom. The lowest BCUT2D eigenvalue weighted by Gasteiger charge is -2.33. The highest BCUT2D eigenvalue weighted by molar-refractivity contribution is 6.76. The summed E-state index contributed by atoms with van der Waals surface area (Å²) >= 11 is 0.